The minimum absolute atomic E-state index is 0.132. The van der Waals surface area contributed by atoms with Crippen LogP contribution in [0.2, 0.25) is 0 Å². The lowest BCUT2D eigenvalue weighted by Crippen LogP contribution is -2.26. The van der Waals surface area contributed by atoms with E-state index in [2.05, 4.69) is 52.3 Å². The standard InChI is InChI=1S/C17H30N2O/c1-7-17(5,6)14-12-15(16(2,3)4)19(18-14)13-8-10-20-11-9-13/h12-13H,7-11H2,1-6H3. The predicted molar refractivity (Wildman–Crippen MR) is 83.3 cm³/mol. The van der Waals surface area contributed by atoms with Crippen molar-refractivity contribution in [2.45, 2.75) is 77.7 Å². The fraction of sp³-hybridized carbons (Fsp3) is 0.824. The van der Waals surface area contributed by atoms with Gasteiger partial charge in [0.25, 0.3) is 0 Å². The van der Waals surface area contributed by atoms with Crippen LogP contribution in [0.15, 0.2) is 6.07 Å². The van der Waals surface area contributed by atoms with Gasteiger partial charge in [-0.15, -0.1) is 0 Å². The van der Waals surface area contributed by atoms with E-state index in [0.29, 0.717) is 6.04 Å². The van der Waals surface area contributed by atoms with Gasteiger partial charge in [-0.2, -0.15) is 5.10 Å². The normalized spacial score (nSPS) is 18.5. The molecule has 0 aliphatic carbocycles. The zero-order valence-electron chi connectivity index (χ0n) is 14.0. The Morgan fingerprint density at radius 1 is 1.20 bits per heavy atom. The van der Waals surface area contributed by atoms with Crippen LogP contribution in [0.25, 0.3) is 0 Å². The molecule has 3 nitrogen and oxygen atoms in total. The Hall–Kier alpha value is -0.830. The van der Waals surface area contributed by atoms with Gasteiger partial charge in [0, 0.05) is 29.7 Å². The van der Waals surface area contributed by atoms with Crippen LogP contribution in [0.4, 0.5) is 0 Å². The third-order valence-corrected chi connectivity index (χ3v) is 4.62. The molecular weight excluding hydrogens is 248 g/mol. The van der Waals surface area contributed by atoms with Crippen LogP contribution in [0.5, 0.6) is 0 Å². The number of ether oxygens (including phenoxy) is 1. The molecule has 0 atom stereocenters. The van der Waals surface area contributed by atoms with E-state index in [1.807, 2.05) is 0 Å². The lowest BCUT2D eigenvalue weighted by molar-refractivity contribution is 0.0643. The third kappa shape index (κ3) is 3.08. The molecule has 1 aromatic heterocycles. The second-order valence-electron chi connectivity index (χ2n) is 7.69. The van der Waals surface area contributed by atoms with Crippen LogP contribution >= 0.6 is 0 Å². The van der Waals surface area contributed by atoms with Gasteiger partial charge in [0.15, 0.2) is 0 Å². The summed E-state index contributed by atoms with van der Waals surface area (Å²) in [6.45, 7) is 15.4. The predicted octanol–water partition coefficient (Wildman–Crippen LogP) is 4.22. The first-order valence-electron chi connectivity index (χ1n) is 7.94. The summed E-state index contributed by atoms with van der Waals surface area (Å²) in [5, 5.41) is 5.00. The Morgan fingerprint density at radius 2 is 1.80 bits per heavy atom. The first kappa shape index (κ1) is 15.6. The van der Waals surface area contributed by atoms with Crippen molar-refractivity contribution in [2.24, 2.45) is 0 Å². The lowest BCUT2D eigenvalue weighted by atomic mass is 9.84. The number of aromatic nitrogens is 2. The molecule has 1 fully saturated rings. The third-order valence-electron chi connectivity index (χ3n) is 4.62. The summed E-state index contributed by atoms with van der Waals surface area (Å²) < 4.78 is 7.80. The van der Waals surface area contributed by atoms with Gasteiger partial charge >= 0.3 is 0 Å². The molecule has 20 heavy (non-hydrogen) atoms. The summed E-state index contributed by atoms with van der Waals surface area (Å²) in [5.74, 6) is 0. The number of hydrogen-bond acceptors (Lipinski definition) is 2. The maximum atomic E-state index is 5.50. The number of nitrogens with zero attached hydrogens (tertiary/aromatic N) is 2. The van der Waals surface area contributed by atoms with E-state index < -0.39 is 0 Å². The molecule has 1 aromatic rings. The highest BCUT2D eigenvalue weighted by Crippen LogP contribution is 2.34. The van der Waals surface area contributed by atoms with Crippen molar-refractivity contribution in [1.82, 2.24) is 9.78 Å². The summed E-state index contributed by atoms with van der Waals surface area (Å²) in [4.78, 5) is 0. The monoisotopic (exact) mass is 278 g/mol. The molecule has 0 N–H and O–H groups in total. The van der Waals surface area contributed by atoms with Gasteiger partial charge < -0.3 is 4.74 Å². The van der Waals surface area contributed by atoms with Crippen LogP contribution in [-0.2, 0) is 15.6 Å². The van der Waals surface area contributed by atoms with Gasteiger partial charge in [0.2, 0.25) is 0 Å². The average Bonchev–Trinajstić information content (AvgIpc) is 2.85. The van der Waals surface area contributed by atoms with Gasteiger partial charge in [0.1, 0.15) is 0 Å². The molecular formula is C17H30N2O. The summed E-state index contributed by atoms with van der Waals surface area (Å²) in [6.07, 6.45) is 3.27. The SMILES string of the molecule is CCC(C)(C)c1cc(C(C)(C)C)n(C2CCOCC2)n1. The second kappa shape index (κ2) is 5.51. The van der Waals surface area contributed by atoms with Gasteiger partial charge in [0.05, 0.1) is 11.7 Å². The number of hydrogen-bond donors (Lipinski definition) is 0. The van der Waals surface area contributed by atoms with Crippen molar-refractivity contribution >= 4 is 0 Å². The molecule has 1 aliphatic rings. The van der Waals surface area contributed by atoms with E-state index in [1.165, 1.54) is 11.4 Å². The van der Waals surface area contributed by atoms with Crippen molar-refractivity contribution in [2.75, 3.05) is 13.2 Å². The van der Waals surface area contributed by atoms with Crippen molar-refractivity contribution in [1.29, 1.82) is 0 Å². The van der Waals surface area contributed by atoms with Gasteiger partial charge in [-0.3, -0.25) is 4.68 Å². The number of rotatable bonds is 3. The molecule has 1 aliphatic heterocycles. The van der Waals surface area contributed by atoms with Gasteiger partial charge in [-0.1, -0.05) is 41.5 Å². The molecule has 0 aromatic carbocycles. The molecule has 0 saturated carbocycles. The molecule has 0 unspecified atom stereocenters. The maximum absolute atomic E-state index is 5.50. The Bertz CT molecular complexity index is 448. The van der Waals surface area contributed by atoms with Crippen molar-refractivity contribution in [3.8, 4) is 0 Å². The van der Waals surface area contributed by atoms with Crippen molar-refractivity contribution < 1.29 is 4.74 Å². The zero-order valence-corrected chi connectivity index (χ0v) is 14.0. The lowest BCUT2D eigenvalue weighted by Gasteiger charge is -2.28. The molecule has 0 spiro atoms. The molecule has 3 heteroatoms. The molecule has 2 rings (SSSR count). The van der Waals surface area contributed by atoms with E-state index in [9.17, 15) is 0 Å². The minimum Gasteiger partial charge on any atom is -0.381 e. The molecule has 1 saturated heterocycles. The topological polar surface area (TPSA) is 27.1 Å². The zero-order chi connectivity index (χ0) is 15.0. The van der Waals surface area contributed by atoms with E-state index in [0.717, 1.165) is 32.5 Å². The quantitative estimate of drug-likeness (QED) is 0.827. The minimum atomic E-state index is 0.132. The van der Waals surface area contributed by atoms with Crippen LogP contribution in [0.3, 0.4) is 0 Å². The average molecular weight is 278 g/mol. The summed E-state index contributed by atoms with van der Waals surface area (Å²) in [6, 6.07) is 2.83. The Balaban J connectivity index is 2.43. The second-order valence-corrected chi connectivity index (χ2v) is 7.69. The molecule has 0 amide bonds. The Kier molecular flexibility index (Phi) is 4.29. The first-order valence-corrected chi connectivity index (χ1v) is 7.94. The smallest absolute Gasteiger partial charge is 0.0683 e. The van der Waals surface area contributed by atoms with Crippen molar-refractivity contribution in [3.63, 3.8) is 0 Å². The maximum Gasteiger partial charge on any atom is 0.0683 e. The van der Waals surface area contributed by atoms with Crippen LogP contribution in [0.1, 0.15) is 78.2 Å². The highest BCUT2D eigenvalue weighted by molar-refractivity contribution is 5.24. The van der Waals surface area contributed by atoms with Gasteiger partial charge in [-0.05, 0) is 25.3 Å². The first-order chi connectivity index (χ1) is 9.25. The fourth-order valence-electron chi connectivity index (χ4n) is 2.67. The molecule has 2 heterocycles. The highest BCUT2D eigenvalue weighted by atomic mass is 16.5. The molecule has 114 valence electrons. The van der Waals surface area contributed by atoms with Crippen LogP contribution in [0, 0.1) is 0 Å². The van der Waals surface area contributed by atoms with Crippen LogP contribution < -0.4 is 0 Å². The van der Waals surface area contributed by atoms with E-state index >= 15 is 0 Å². The summed E-state index contributed by atoms with van der Waals surface area (Å²) in [5.41, 5.74) is 2.88. The van der Waals surface area contributed by atoms with E-state index in [4.69, 9.17) is 9.84 Å². The van der Waals surface area contributed by atoms with E-state index in [1.54, 1.807) is 0 Å². The van der Waals surface area contributed by atoms with Crippen LogP contribution in [-0.4, -0.2) is 23.0 Å². The molecule has 0 radical (unpaired) electrons. The van der Waals surface area contributed by atoms with E-state index in [-0.39, 0.29) is 10.8 Å². The molecule has 0 bridgehead atoms. The Labute approximate surface area is 123 Å². The van der Waals surface area contributed by atoms with Gasteiger partial charge in [-0.25, -0.2) is 0 Å². The Morgan fingerprint density at radius 3 is 2.30 bits per heavy atom. The summed E-state index contributed by atoms with van der Waals surface area (Å²) >= 11 is 0. The largest absolute Gasteiger partial charge is 0.381 e. The fourth-order valence-corrected chi connectivity index (χ4v) is 2.67. The highest BCUT2D eigenvalue weighted by Gasteiger charge is 2.30. The summed E-state index contributed by atoms with van der Waals surface area (Å²) in [7, 11) is 0. The van der Waals surface area contributed by atoms with Crippen molar-refractivity contribution in [3.05, 3.63) is 17.5 Å².